The molecule has 0 amide bonds. The molecule has 20 heavy (non-hydrogen) atoms. The standard InChI is InChI=1S/C16H23FN2O/c1-3-16(2)11-18-6-7-19(16)10-14-9-12-8-13(17)4-5-15(12)20-14/h4-5,8,14,18H,3,6-7,9-11H2,1-2H3. The van der Waals surface area contributed by atoms with E-state index in [-0.39, 0.29) is 17.5 Å². The van der Waals surface area contributed by atoms with Crippen LogP contribution in [0.5, 0.6) is 5.75 Å². The summed E-state index contributed by atoms with van der Waals surface area (Å²) in [6, 6.07) is 4.83. The summed E-state index contributed by atoms with van der Waals surface area (Å²) in [4.78, 5) is 2.52. The van der Waals surface area contributed by atoms with Gasteiger partial charge in [0.25, 0.3) is 0 Å². The van der Waals surface area contributed by atoms with Gasteiger partial charge in [-0.25, -0.2) is 4.39 Å². The number of nitrogens with zero attached hydrogens (tertiary/aromatic N) is 1. The fourth-order valence-corrected chi connectivity index (χ4v) is 3.25. The van der Waals surface area contributed by atoms with Crippen molar-refractivity contribution >= 4 is 0 Å². The molecule has 0 aromatic heterocycles. The molecule has 0 bridgehead atoms. The van der Waals surface area contributed by atoms with Crippen molar-refractivity contribution in [1.82, 2.24) is 10.2 Å². The van der Waals surface area contributed by atoms with E-state index in [0.717, 1.165) is 50.3 Å². The highest BCUT2D eigenvalue weighted by atomic mass is 19.1. The van der Waals surface area contributed by atoms with Crippen LogP contribution in [0, 0.1) is 5.82 Å². The molecule has 1 aromatic rings. The number of halogens is 1. The van der Waals surface area contributed by atoms with E-state index in [0.29, 0.717) is 0 Å². The predicted molar refractivity (Wildman–Crippen MR) is 77.7 cm³/mol. The Morgan fingerprint density at radius 3 is 3.15 bits per heavy atom. The van der Waals surface area contributed by atoms with Crippen molar-refractivity contribution in [1.29, 1.82) is 0 Å². The minimum absolute atomic E-state index is 0.149. The molecule has 2 heterocycles. The van der Waals surface area contributed by atoms with Gasteiger partial charge in [-0.05, 0) is 31.5 Å². The minimum atomic E-state index is -0.173. The van der Waals surface area contributed by atoms with Crippen LogP contribution in [0.4, 0.5) is 4.39 Å². The molecule has 2 atom stereocenters. The Labute approximate surface area is 120 Å². The molecule has 0 spiro atoms. The van der Waals surface area contributed by atoms with Crippen molar-refractivity contribution < 1.29 is 9.13 Å². The number of nitrogens with one attached hydrogen (secondary N) is 1. The molecule has 2 unspecified atom stereocenters. The lowest BCUT2D eigenvalue weighted by Gasteiger charge is -2.45. The summed E-state index contributed by atoms with van der Waals surface area (Å²) < 4.78 is 19.2. The van der Waals surface area contributed by atoms with Crippen LogP contribution in [0.15, 0.2) is 18.2 Å². The quantitative estimate of drug-likeness (QED) is 0.917. The monoisotopic (exact) mass is 278 g/mol. The SMILES string of the molecule is CCC1(C)CNCCN1CC1Cc2cc(F)ccc2O1. The third-order valence-electron chi connectivity index (χ3n) is 4.78. The van der Waals surface area contributed by atoms with Crippen molar-refractivity contribution in [3.63, 3.8) is 0 Å². The van der Waals surface area contributed by atoms with Gasteiger partial charge >= 0.3 is 0 Å². The Bertz CT molecular complexity index is 493. The molecule has 3 rings (SSSR count). The van der Waals surface area contributed by atoms with Crippen LogP contribution in [0.2, 0.25) is 0 Å². The van der Waals surface area contributed by atoms with Crippen molar-refractivity contribution in [3.8, 4) is 5.75 Å². The van der Waals surface area contributed by atoms with Crippen LogP contribution in [0.25, 0.3) is 0 Å². The Balaban J connectivity index is 1.68. The van der Waals surface area contributed by atoms with E-state index < -0.39 is 0 Å². The highest BCUT2D eigenvalue weighted by Gasteiger charge is 2.35. The van der Waals surface area contributed by atoms with Gasteiger partial charge in [-0.1, -0.05) is 6.92 Å². The average molecular weight is 278 g/mol. The molecule has 1 fully saturated rings. The third-order valence-corrected chi connectivity index (χ3v) is 4.78. The maximum Gasteiger partial charge on any atom is 0.123 e. The van der Waals surface area contributed by atoms with Gasteiger partial charge in [-0.15, -0.1) is 0 Å². The maximum absolute atomic E-state index is 13.3. The fourth-order valence-electron chi connectivity index (χ4n) is 3.25. The number of hydrogen-bond donors (Lipinski definition) is 1. The number of ether oxygens (including phenoxy) is 1. The van der Waals surface area contributed by atoms with Crippen molar-refractivity contribution in [3.05, 3.63) is 29.6 Å². The highest BCUT2D eigenvalue weighted by molar-refractivity contribution is 5.38. The van der Waals surface area contributed by atoms with Gasteiger partial charge in [-0.2, -0.15) is 0 Å². The van der Waals surface area contributed by atoms with Crippen LogP contribution in [0.3, 0.4) is 0 Å². The summed E-state index contributed by atoms with van der Waals surface area (Å²) >= 11 is 0. The van der Waals surface area contributed by atoms with Crippen LogP contribution in [0.1, 0.15) is 25.8 Å². The average Bonchev–Trinajstić information content (AvgIpc) is 2.83. The first-order valence-corrected chi connectivity index (χ1v) is 7.51. The van der Waals surface area contributed by atoms with Crippen molar-refractivity contribution in [2.24, 2.45) is 0 Å². The highest BCUT2D eigenvalue weighted by Crippen LogP contribution is 2.31. The van der Waals surface area contributed by atoms with E-state index in [1.807, 2.05) is 0 Å². The van der Waals surface area contributed by atoms with E-state index in [4.69, 9.17) is 4.74 Å². The molecule has 110 valence electrons. The molecule has 1 N–H and O–H groups in total. The van der Waals surface area contributed by atoms with Gasteiger partial charge in [0.1, 0.15) is 17.7 Å². The molecule has 1 aromatic carbocycles. The second-order valence-electron chi connectivity index (χ2n) is 6.17. The first kappa shape index (κ1) is 13.8. The van der Waals surface area contributed by atoms with Gasteiger partial charge in [0, 0.05) is 43.7 Å². The summed E-state index contributed by atoms with van der Waals surface area (Å²) in [7, 11) is 0. The lowest BCUT2D eigenvalue weighted by molar-refractivity contribution is 0.0367. The predicted octanol–water partition coefficient (Wildman–Crippen LogP) is 2.20. The van der Waals surface area contributed by atoms with E-state index in [1.54, 1.807) is 12.1 Å². The number of piperazine rings is 1. The zero-order chi connectivity index (χ0) is 14.2. The second-order valence-corrected chi connectivity index (χ2v) is 6.17. The first-order valence-electron chi connectivity index (χ1n) is 7.51. The van der Waals surface area contributed by atoms with E-state index >= 15 is 0 Å². The topological polar surface area (TPSA) is 24.5 Å². The second kappa shape index (κ2) is 5.34. The molecular formula is C16H23FN2O. The third kappa shape index (κ3) is 2.54. The number of fused-ring (bicyclic) bond motifs is 1. The molecule has 2 aliphatic heterocycles. The Morgan fingerprint density at radius 2 is 2.35 bits per heavy atom. The summed E-state index contributed by atoms with van der Waals surface area (Å²) in [5.41, 5.74) is 1.20. The molecule has 2 aliphatic rings. The minimum Gasteiger partial charge on any atom is -0.488 e. The molecule has 4 heteroatoms. The van der Waals surface area contributed by atoms with Gasteiger partial charge in [-0.3, -0.25) is 4.90 Å². The fraction of sp³-hybridized carbons (Fsp3) is 0.625. The Kier molecular flexibility index (Phi) is 3.69. The molecule has 0 radical (unpaired) electrons. The molecule has 0 saturated carbocycles. The smallest absolute Gasteiger partial charge is 0.123 e. The summed E-state index contributed by atoms with van der Waals surface area (Å²) in [5, 5.41) is 3.47. The van der Waals surface area contributed by atoms with E-state index in [2.05, 4.69) is 24.1 Å². The largest absolute Gasteiger partial charge is 0.488 e. The van der Waals surface area contributed by atoms with Crippen LogP contribution in [-0.4, -0.2) is 42.7 Å². The summed E-state index contributed by atoms with van der Waals surface area (Å²) in [5.74, 6) is 0.679. The van der Waals surface area contributed by atoms with Crippen LogP contribution in [-0.2, 0) is 6.42 Å². The summed E-state index contributed by atoms with van der Waals surface area (Å²) in [6.07, 6.45) is 2.08. The van der Waals surface area contributed by atoms with Gasteiger partial charge < -0.3 is 10.1 Å². The Morgan fingerprint density at radius 1 is 1.50 bits per heavy atom. The molecule has 1 saturated heterocycles. The van der Waals surface area contributed by atoms with Crippen molar-refractivity contribution in [2.75, 3.05) is 26.2 Å². The van der Waals surface area contributed by atoms with Gasteiger partial charge in [0.2, 0.25) is 0 Å². The summed E-state index contributed by atoms with van der Waals surface area (Å²) in [6.45, 7) is 8.57. The Hall–Kier alpha value is -1.13. The van der Waals surface area contributed by atoms with Crippen LogP contribution < -0.4 is 10.1 Å². The van der Waals surface area contributed by atoms with Gasteiger partial charge in [0.05, 0.1) is 0 Å². The zero-order valence-corrected chi connectivity index (χ0v) is 12.3. The lowest BCUT2D eigenvalue weighted by Crippen LogP contribution is -2.61. The number of hydrogen-bond acceptors (Lipinski definition) is 3. The van der Waals surface area contributed by atoms with Gasteiger partial charge in [0.15, 0.2) is 0 Å². The maximum atomic E-state index is 13.3. The number of benzene rings is 1. The zero-order valence-electron chi connectivity index (χ0n) is 12.3. The normalized spacial score (nSPS) is 30.1. The van der Waals surface area contributed by atoms with E-state index in [1.165, 1.54) is 6.07 Å². The molecule has 0 aliphatic carbocycles. The number of rotatable bonds is 3. The lowest BCUT2D eigenvalue weighted by atomic mass is 9.93. The molecule has 3 nitrogen and oxygen atoms in total. The van der Waals surface area contributed by atoms with Crippen molar-refractivity contribution in [2.45, 2.75) is 38.3 Å². The first-order chi connectivity index (χ1) is 9.60. The van der Waals surface area contributed by atoms with Crippen LogP contribution >= 0.6 is 0 Å². The van der Waals surface area contributed by atoms with E-state index in [9.17, 15) is 4.39 Å². The molecular weight excluding hydrogens is 255 g/mol.